The highest BCUT2D eigenvalue weighted by Crippen LogP contribution is 2.30. The number of ether oxygens (including phenoxy) is 1. The molecule has 1 fully saturated rings. The van der Waals surface area contributed by atoms with Gasteiger partial charge in [-0.25, -0.2) is 13.8 Å². The topological polar surface area (TPSA) is 38.2 Å². The van der Waals surface area contributed by atoms with Gasteiger partial charge in [0.25, 0.3) is 0 Å². The third-order valence-electron chi connectivity index (χ3n) is 4.52. The Labute approximate surface area is 153 Å². The molecule has 6 heteroatoms. The monoisotopic (exact) mass is 361 g/mol. The van der Waals surface area contributed by atoms with Crippen LogP contribution in [0.2, 0.25) is 0 Å². The van der Waals surface area contributed by atoms with Crippen LogP contribution in [0, 0.1) is 17.6 Å². The average Bonchev–Trinajstić information content (AvgIpc) is 2.62. The van der Waals surface area contributed by atoms with E-state index in [0.717, 1.165) is 25.7 Å². The smallest absolute Gasteiger partial charge is 0.216 e. The highest BCUT2D eigenvalue weighted by Gasteiger charge is 2.21. The van der Waals surface area contributed by atoms with E-state index in [-0.39, 0.29) is 11.5 Å². The van der Waals surface area contributed by atoms with Crippen LogP contribution in [0.3, 0.4) is 0 Å². The minimum Gasteiger partial charge on any atom is -0.478 e. The van der Waals surface area contributed by atoms with E-state index >= 15 is 0 Å². The Morgan fingerprint density at radius 3 is 2.46 bits per heavy atom. The largest absolute Gasteiger partial charge is 0.478 e. The molecule has 26 heavy (non-hydrogen) atoms. The third-order valence-corrected chi connectivity index (χ3v) is 4.52. The van der Waals surface area contributed by atoms with E-state index in [2.05, 4.69) is 23.8 Å². The van der Waals surface area contributed by atoms with Gasteiger partial charge in [0, 0.05) is 30.9 Å². The number of hydrogen-bond acceptors (Lipinski definition) is 4. The lowest BCUT2D eigenvalue weighted by Crippen LogP contribution is -2.31. The molecule has 3 rings (SSSR count). The van der Waals surface area contributed by atoms with Crippen LogP contribution < -0.4 is 9.64 Å². The van der Waals surface area contributed by atoms with Crippen molar-refractivity contribution in [3.8, 4) is 17.3 Å². The number of rotatable bonds is 6. The molecule has 0 aliphatic carbocycles. The zero-order valence-electron chi connectivity index (χ0n) is 15.3. The van der Waals surface area contributed by atoms with Gasteiger partial charge in [0.15, 0.2) is 5.82 Å². The van der Waals surface area contributed by atoms with Gasteiger partial charge in [0.2, 0.25) is 5.88 Å². The first-order chi connectivity index (χ1) is 12.5. The van der Waals surface area contributed by atoms with E-state index in [1.807, 2.05) is 0 Å². The second-order valence-corrected chi connectivity index (χ2v) is 7.09. The maximum absolute atomic E-state index is 14.6. The predicted octanol–water partition coefficient (Wildman–Crippen LogP) is 4.84. The van der Waals surface area contributed by atoms with E-state index in [1.165, 1.54) is 12.1 Å². The number of halogens is 2. The van der Waals surface area contributed by atoms with E-state index in [4.69, 9.17) is 4.74 Å². The lowest BCUT2D eigenvalue weighted by atomic mass is 10.1. The first-order valence-electron chi connectivity index (χ1n) is 9.25. The van der Waals surface area contributed by atoms with Crippen molar-refractivity contribution in [1.82, 2.24) is 9.97 Å². The van der Waals surface area contributed by atoms with Gasteiger partial charge in [-0.05, 0) is 43.7 Å². The molecule has 0 spiro atoms. The summed E-state index contributed by atoms with van der Waals surface area (Å²) in [5, 5.41) is 0. The number of nitrogens with zero attached hydrogens (tertiary/aromatic N) is 3. The zero-order valence-corrected chi connectivity index (χ0v) is 15.3. The van der Waals surface area contributed by atoms with E-state index in [9.17, 15) is 8.78 Å². The molecule has 0 atom stereocenters. The standard InChI is InChI=1S/C20H25F2N3O/c1-14(2)7-11-26-18-6-8-23-20(24-18)15-12-16(21)19(17(22)13-15)25-9-4-3-5-10-25/h6,8,12-14H,3-5,7,9-11H2,1-2H3. The first-order valence-corrected chi connectivity index (χ1v) is 9.25. The van der Waals surface area contributed by atoms with Crippen LogP contribution in [0.15, 0.2) is 24.4 Å². The van der Waals surface area contributed by atoms with Gasteiger partial charge in [0.1, 0.15) is 17.3 Å². The van der Waals surface area contributed by atoms with Crippen molar-refractivity contribution in [2.75, 3.05) is 24.6 Å². The van der Waals surface area contributed by atoms with Crippen LogP contribution >= 0.6 is 0 Å². The maximum Gasteiger partial charge on any atom is 0.216 e. The van der Waals surface area contributed by atoms with Crippen LogP contribution in [-0.2, 0) is 0 Å². The summed E-state index contributed by atoms with van der Waals surface area (Å²) in [5.41, 5.74) is 0.368. The molecule has 4 nitrogen and oxygen atoms in total. The predicted molar refractivity (Wildman–Crippen MR) is 98.4 cm³/mol. The number of hydrogen-bond donors (Lipinski definition) is 0. The van der Waals surface area contributed by atoms with Gasteiger partial charge < -0.3 is 9.64 Å². The minimum atomic E-state index is -0.573. The SMILES string of the molecule is CC(C)CCOc1ccnc(-c2cc(F)c(N3CCCCC3)c(F)c2)n1. The summed E-state index contributed by atoms with van der Waals surface area (Å²) in [6.45, 7) is 6.14. The Balaban J connectivity index is 1.81. The highest BCUT2D eigenvalue weighted by atomic mass is 19.1. The Kier molecular flexibility index (Phi) is 6.01. The first kappa shape index (κ1) is 18.5. The van der Waals surface area contributed by atoms with Crippen LogP contribution in [-0.4, -0.2) is 29.7 Å². The van der Waals surface area contributed by atoms with Gasteiger partial charge in [-0.2, -0.15) is 4.98 Å². The summed E-state index contributed by atoms with van der Waals surface area (Å²) in [4.78, 5) is 10.2. The van der Waals surface area contributed by atoms with Crippen molar-refractivity contribution in [3.05, 3.63) is 36.0 Å². The van der Waals surface area contributed by atoms with Crippen molar-refractivity contribution in [1.29, 1.82) is 0 Å². The lowest BCUT2D eigenvalue weighted by Gasteiger charge is -2.29. The summed E-state index contributed by atoms with van der Waals surface area (Å²) >= 11 is 0. The summed E-state index contributed by atoms with van der Waals surface area (Å²) in [6.07, 6.45) is 5.47. The number of piperidine rings is 1. The van der Waals surface area contributed by atoms with Crippen LogP contribution in [0.1, 0.15) is 39.5 Å². The fourth-order valence-electron chi connectivity index (χ4n) is 3.08. The van der Waals surface area contributed by atoms with E-state index in [0.29, 0.717) is 37.1 Å². The van der Waals surface area contributed by atoms with Gasteiger partial charge in [0.05, 0.1) is 6.61 Å². The quantitative estimate of drug-likeness (QED) is 0.738. The normalized spacial score (nSPS) is 14.7. The van der Waals surface area contributed by atoms with Crippen molar-refractivity contribution < 1.29 is 13.5 Å². The van der Waals surface area contributed by atoms with Gasteiger partial charge in [-0.15, -0.1) is 0 Å². The molecule has 0 bridgehead atoms. The molecule has 1 aliphatic rings. The molecule has 140 valence electrons. The molecule has 1 aromatic carbocycles. The molecule has 0 unspecified atom stereocenters. The molecule has 0 radical (unpaired) electrons. The number of anilines is 1. The van der Waals surface area contributed by atoms with E-state index in [1.54, 1.807) is 17.2 Å². The highest BCUT2D eigenvalue weighted by molar-refractivity contribution is 5.62. The Hall–Kier alpha value is -2.24. The molecule has 0 amide bonds. The molecule has 0 N–H and O–H groups in total. The van der Waals surface area contributed by atoms with Crippen LogP contribution in [0.5, 0.6) is 5.88 Å². The molecule has 2 aromatic rings. The minimum absolute atomic E-state index is 0.0535. The molecular formula is C20H25F2N3O. The van der Waals surface area contributed by atoms with Crippen LogP contribution in [0.25, 0.3) is 11.4 Å². The summed E-state index contributed by atoms with van der Waals surface area (Å²) in [7, 11) is 0. The molecule has 2 heterocycles. The second kappa shape index (κ2) is 8.43. The van der Waals surface area contributed by atoms with Crippen molar-refractivity contribution in [2.24, 2.45) is 5.92 Å². The summed E-state index contributed by atoms with van der Waals surface area (Å²) < 4.78 is 34.8. The Bertz CT molecular complexity index is 723. The third kappa shape index (κ3) is 4.48. The van der Waals surface area contributed by atoms with Gasteiger partial charge in [-0.3, -0.25) is 0 Å². The van der Waals surface area contributed by atoms with Crippen molar-refractivity contribution in [3.63, 3.8) is 0 Å². The summed E-state index contributed by atoms with van der Waals surface area (Å²) in [5.74, 6) is 0.0571. The summed E-state index contributed by atoms with van der Waals surface area (Å²) in [6, 6.07) is 4.26. The van der Waals surface area contributed by atoms with Gasteiger partial charge in [-0.1, -0.05) is 13.8 Å². The Morgan fingerprint density at radius 1 is 1.12 bits per heavy atom. The molecule has 1 aromatic heterocycles. The maximum atomic E-state index is 14.6. The molecule has 1 aliphatic heterocycles. The molecule has 1 saturated heterocycles. The molecule has 0 saturated carbocycles. The Morgan fingerprint density at radius 2 is 1.81 bits per heavy atom. The van der Waals surface area contributed by atoms with Gasteiger partial charge >= 0.3 is 0 Å². The number of benzene rings is 1. The van der Waals surface area contributed by atoms with Crippen molar-refractivity contribution in [2.45, 2.75) is 39.5 Å². The average molecular weight is 361 g/mol. The van der Waals surface area contributed by atoms with Crippen LogP contribution in [0.4, 0.5) is 14.5 Å². The number of aromatic nitrogens is 2. The lowest BCUT2D eigenvalue weighted by molar-refractivity contribution is 0.279. The van der Waals surface area contributed by atoms with Crippen molar-refractivity contribution >= 4 is 5.69 Å². The van der Waals surface area contributed by atoms with E-state index < -0.39 is 11.6 Å². The fourth-order valence-corrected chi connectivity index (χ4v) is 3.08. The zero-order chi connectivity index (χ0) is 18.5. The molecular weight excluding hydrogens is 336 g/mol. The second-order valence-electron chi connectivity index (χ2n) is 7.09. The fraction of sp³-hybridized carbons (Fsp3) is 0.500.